The maximum absolute atomic E-state index is 12.4. The molecule has 1 heterocycles. The van der Waals surface area contributed by atoms with Crippen molar-refractivity contribution in [1.29, 1.82) is 0 Å². The first-order valence-corrected chi connectivity index (χ1v) is 7.12. The van der Waals surface area contributed by atoms with Gasteiger partial charge in [0.2, 0.25) is 5.91 Å². The van der Waals surface area contributed by atoms with Gasteiger partial charge in [0.05, 0.1) is 12.0 Å². The Bertz CT molecular complexity index is 460. The third-order valence-electron chi connectivity index (χ3n) is 4.83. The van der Waals surface area contributed by atoms with E-state index in [1.807, 2.05) is 19.1 Å². The van der Waals surface area contributed by atoms with Gasteiger partial charge in [0, 0.05) is 18.4 Å². The van der Waals surface area contributed by atoms with Gasteiger partial charge >= 0.3 is 0 Å². The number of carbonyl (C=O) groups is 1. The van der Waals surface area contributed by atoms with Crippen LogP contribution in [0.3, 0.4) is 0 Å². The second kappa shape index (κ2) is 4.93. The van der Waals surface area contributed by atoms with Gasteiger partial charge in [-0.2, -0.15) is 0 Å². The summed E-state index contributed by atoms with van der Waals surface area (Å²) in [5.74, 6) is 1.20. The van der Waals surface area contributed by atoms with E-state index in [1.165, 1.54) is 6.42 Å². The molecule has 0 radical (unpaired) electrons. The van der Waals surface area contributed by atoms with Crippen LogP contribution in [0, 0.1) is 17.8 Å². The van der Waals surface area contributed by atoms with E-state index in [0.717, 1.165) is 18.4 Å². The summed E-state index contributed by atoms with van der Waals surface area (Å²) in [5.41, 5.74) is 7.24. The van der Waals surface area contributed by atoms with E-state index in [9.17, 15) is 4.79 Å². The van der Waals surface area contributed by atoms with E-state index in [2.05, 4.69) is 10.3 Å². The summed E-state index contributed by atoms with van der Waals surface area (Å²) in [4.78, 5) is 16.5. The first-order chi connectivity index (χ1) is 9.16. The number of rotatable bonds is 3. The number of nitrogens with one attached hydrogen (secondary N) is 1. The number of nitrogens with zero attached hydrogens (tertiary/aromatic N) is 1. The fourth-order valence-electron chi connectivity index (χ4n) is 3.75. The van der Waals surface area contributed by atoms with Crippen molar-refractivity contribution in [3.05, 3.63) is 30.1 Å². The second-order valence-corrected chi connectivity index (χ2v) is 5.95. The molecule has 5 atom stereocenters. The molecule has 3 N–H and O–H groups in total. The van der Waals surface area contributed by atoms with Gasteiger partial charge in [-0.05, 0) is 49.7 Å². The average Bonchev–Trinajstić information content (AvgIpc) is 3.00. The molecule has 1 amide bonds. The molecule has 1 aromatic rings. The molecule has 0 aliphatic heterocycles. The molecular weight excluding hydrogens is 238 g/mol. The van der Waals surface area contributed by atoms with Crippen LogP contribution < -0.4 is 11.1 Å². The molecule has 5 unspecified atom stereocenters. The normalized spacial score (nSPS) is 34.2. The van der Waals surface area contributed by atoms with Gasteiger partial charge in [-0.15, -0.1) is 0 Å². The molecule has 2 aliphatic carbocycles. The molecule has 2 aliphatic rings. The first kappa shape index (κ1) is 12.6. The summed E-state index contributed by atoms with van der Waals surface area (Å²) in [6, 6.07) is 3.92. The van der Waals surface area contributed by atoms with Crippen LogP contribution in [0.4, 0.5) is 0 Å². The molecule has 0 aromatic carbocycles. The smallest absolute Gasteiger partial charge is 0.225 e. The standard InChI is InChI=1S/C15H21N3O/c1-9(12-3-2-6-17-8-12)18-15(19)13-10-4-5-11(7-10)14(13)16/h2-3,6,8-11,13-14H,4-5,7,16H2,1H3,(H,18,19). The fraction of sp³-hybridized carbons (Fsp3) is 0.600. The Balaban J connectivity index is 1.66. The minimum atomic E-state index is -0.00692. The third-order valence-corrected chi connectivity index (χ3v) is 4.83. The lowest BCUT2D eigenvalue weighted by Gasteiger charge is -2.28. The minimum Gasteiger partial charge on any atom is -0.349 e. The Morgan fingerprint density at radius 2 is 2.26 bits per heavy atom. The minimum absolute atomic E-state index is 0.00692. The molecule has 1 aromatic heterocycles. The molecule has 2 fully saturated rings. The molecule has 102 valence electrons. The van der Waals surface area contributed by atoms with Crippen LogP contribution in [0.5, 0.6) is 0 Å². The fourth-order valence-corrected chi connectivity index (χ4v) is 3.75. The molecular formula is C15H21N3O. The van der Waals surface area contributed by atoms with Gasteiger partial charge in [0.1, 0.15) is 0 Å². The SMILES string of the molecule is CC(NC(=O)C1C2CCC(C2)C1N)c1cccnc1. The highest BCUT2D eigenvalue weighted by molar-refractivity contribution is 5.80. The second-order valence-electron chi connectivity index (χ2n) is 5.95. The molecule has 4 nitrogen and oxygen atoms in total. The molecule has 0 spiro atoms. The number of nitrogens with two attached hydrogens (primary N) is 1. The van der Waals surface area contributed by atoms with Crippen molar-refractivity contribution in [2.75, 3.05) is 0 Å². The van der Waals surface area contributed by atoms with E-state index >= 15 is 0 Å². The summed E-state index contributed by atoms with van der Waals surface area (Å²) in [6.45, 7) is 1.99. The lowest BCUT2D eigenvalue weighted by molar-refractivity contribution is -0.127. The quantitative estimate of drug-likeness (QED) is 0.867. The topological polar surface area (TPSA) is 68.0 Å². The Morgan fingerprint density at radius 1 is 1.47 bits per heavy atom. The Kier molecular flexibility index (Phi) is 3.27. The zero-order valence-corrected chi connectivity index (χ0v) is 11.3. The Hall–Kier alpha value is -1.42. The highest BCUT2D eigenvalue weighted by Gasteiger charge is 2.49. The molecule has 19 heavy (non-hydrogen) atoms. The predicted molar refractivity (Wildman–Crippen MR) is 73.1 cm³/mol. The van der Waals surface area contributed by atoms with E-state index in [1.54, 1.807) is 12.4 Å². The van der Waals surface area contributed by atoms with Crippen LogP contribution in [0.2, 0.25) is 0 Å². The predicted octanol–water partition coefficient (Wildman–Crippen LogP) is 1.63. The molecule has 4 heteroatoms. The van der Waals surface area contributed by atoms with E-state index in [0.29, 0.717) is 11.8 Å². The maximum atomic E-state index is 12.4. The highest BCUT2D eigenvalue weighted by Crippen LogP contribution is 2.47. The average molecular weight is 259 g/mol. The largest absolute Gasteiger partial charge is 0.349 e. The van der Waals surface area contributed by atoms with Crippen LogP contribution in [-0.2, 0) is 4.79 Å². The number of pyridine rings is 1. The number of carbonyl (C=O) groups excluding carboxylic acids is 1. The number of aromatic nitrogens is 1. The van der Waals surface area contributed by atoms with E-state index in [-0.39, 0.29) is 23.9 Å². The summed E-state index contributed by atoms with van der Waals surface area (Å²) in [5, 5.41) is 3.09. The van der Waals surface area contributed by atoms with Crippen LogP contribution in [0.25, 0.3) is 0 Å². The summed E-state index contributed by atoms with van der Waals surface area (Å²) in [7, 11) is 0. The van der Waals surface area contributed by atoms with Crippen molar-refractivity contribution >= 4 is 5.91 Å². The van der Waals surface area contributed by atoms with Gasteiger partial charge in [0.25, 0.3) is 0 Å². The summed E-state index contributed by atoms with van der Waals surface area (Å²) in [6.07, 6.45) is 7.04. The molecule has 3 rings (SSSR count). The van der Waals surface area contributed by atoms with Crippen LogP contribution >= 0.6 is 0 Å². The highest BCUT2D eigenvalue weighted by atomic mass is 16.2. The number of fused-ring (bicyclic) bond motifs is 2. The van der Waals surface area contributed by atoms with Crippen molar-refractivity contribution < 1.29 is 4.79 Å². The molecule has 0 saturated heterocycles. The lowest BCUT2D eigenvalue weighted by atomic mass is 9.84. The number of hydrogen-bond donors (Lipinski definition) is 2. The van der Waals surface area contributed by atoms with Crippen molar-refractivity contribution in [2.24, 2.45) is 23.5 Å². The van der Waals surface area contributed by atoms with Crippen molar-refractivity contribution in [1.82, 2.24) is 10.3 Å². The van der Waals surface area contributed by atoms with Crippen LogP contribution in [0.1, 0.15) is 37.8 Å². The van der Waals surface area contributed by atoms with Gasteiger partial charge < -0.3 is 11.1 Å². The summed E-state index contributed by atoms with van der Waals surface area (Å²) < 4.78 is 0. The van der Waals surface area contributed by atoms with Crippen molar-refractivity contribution in [3.8, 4) is 0 Å². The van der Waals surface area contributed by atoms with Crippen molar-refractivity contribution in [3.63, 3.8) is 0 Å². The van der Waals surface area contributed by atoms with Gasteiger partial charge in [-0.1, -0.05) is 6.07 Å². The summed E-state index contributed by atoms with van der Waals surface area (Å²) >= 11 is 0. The molecule has 2 saturated carbocycles. The van der Waals surface area contributed by atoms with Gasteiger partial charge in [0.15, 0.2) is 0 Å². The van der Waals surface area contributed by atoms with Gasteiger partial charge in [-0.3, -0.25) is 9.78 Å². The Morgan fingerprint density at radius 3 is 2.89 bits per heavy atom. The lowest BCUT2D eigenvalue weighted by Crippen LogP contribution is -2.45. The number of hydrogen-bond acceptors (Lipinski definition) is 3. The van der Waals surface area contributed by atoms with Crippen molar-refractivity contribution in [2.45, 2.75) is 38.3 Å². The van der Waals surface area contributed by atoms with Crippen LogP contribution in [-0.4, -0.2) is 16.9 Å². The van der Waals surface area contributed by atoms with Gasteiger partial charge in [-0.25, -0.2) is 0 Å². The van der Waals surface area contributed by atoms with E-state index in [4.69, 9.17) is 5.73 Å². The number of amides is 1. The van der Waals surface area contributed by atoms with E-state index < -0.39 is 0 Å². The van der Waals surface area contributed by atoms with Crippen LogP contribution in [0.15, 0.2) is 24.5 Å². The Labute approximate surface area is 113 Å². The maximum Gasteiger partial charge on any atom is 0.225 e. The molecule has 2 bridgehead atoms. The third kappa shape index (κ3) is 2.25. The zero-order chi connectivity index (χ0) is 13.4. The first-order valence-electron chi connectivity index (χ1n) is 7.12. The monoisotopic (exact) mass is 259 g/mol. The zero-order valence-electron chi connectivity index (χ0n) is 11.3.